The Hall–Kier alpha value is -0.460. The van der Waals surface area contributed by atoms with Crippen LogP contribution in [0.15, 0.2) is 4.99 Å². The van der Waals surface area contributed by atoms with E-state index in [1.54, 1.807) is 0 Å². The molecule has 25 heavy (non-hydrogen) atoms. The smallest absolute Gasteiger partial charge is 0.191 e. The minimum absolute atomic E-state index is 0.232. The molecule has 3 fully saturated rings. The largest absolute Gasteiger partial charge is 0.357 e. The Balaban J connectivity index is 1.63. The molecule has 0 aliphatic carbocycles. The molecular formula is C19H37N5S. The van der Waals surface area contributed by atoms with Gasteiger partial charge in [-0.25, -0.2) is 0 Å². The molecule has 0 spiro atoms. The third-order valence-corrected chi connectivity index (χ3v) is 7.82. The van der Waals surface area contributed by atoms with Gasteiger partial charge in [0.1, 0.15) is 0 Å². The Kier molecular flexibility index (Phi) is 6.55. The van der Waals surface area contributed by atoms with Gasteiger partial charge in [-0.1, -0.05) is 6.42 Å². The molecule has 3 unspecified atom stereocenters. The number of hydrogen-bond acceptors (Lipinski definition) is 4. The summed E-state index contributed by atoms with van der Waals surface area (Å²) in [4.78, 5) is 10.0. The molecule has 0 aromatic heterocycles. The van der Waals surface area contributed by atoms with E-state index in [9.17, 15) is 0 Å². The van der Waals surface area contributed by atoms with Crippen LogP contribution in [0.1, 0.15) is 45.4 Å². The Bertz CT molecular complexity index is 447. The molecule has 3 rings (SSSR count). The molecule has 3 saturated heterocycles. The second-order valence-electron chi connectivity index (χ2n) is 8.33. The number of nitrogens with zero attached hydrogens (tertiary/aromatic N) is 3. The monoisotopic (exact) mass is 367 g/mol. The van der Waals surface area contributed by atoms with Crippen molar-refractivity contribution < 1.29 is 0 Å². The normalized spacial score (nSPS) is 36.7. The van der Waals surface area contributed by atoms with Crippen molar-refractivity contribution in [2.24, 2.45) is 4.99 Å². The van der Waals surface area contributed by atoms with Gasteiger partial charge in [0.15, 0.2) is 5.96 Å². The predicted molar refractivity (Wildman–Crippen MR) is 110 cm³/mol. The number of nitrogens with one attached hydrogen (secondary N) is 2. The van der Waals surface area contributed by atoms with Crippen molar-refractivity contribution >= 4 is 17.7 Å². The summed E-state index contributed by atoms with van der Waals surface area (Å²) in [6.07, 6.45) is 7.88. The molecule has 144 valence electrons. The molecular weight excluding hydrogens is 330 g/mol. The lowest BCUT2D eigenvalue weighted by molar-refractivity contribution is 0.0526. The van der Waals surface area contributed by atoms with Crippen molar-refractivity contribution in [3.63, 3.8) is 0 Å². The molecule has 3 aliphatic heterocycles. The molecule has 3 heterocycles. The number of hydrogen-bond donors (Lipinski definition) is 2. The zero-order chi connectivity index (χ0) is 17.9. The van der Waals surface area contributed by atoms with Gasteiger partial charge < -0.3 is 20.4 Å². The van der Waals surface area contributed by atoms with Gasteiger partial charge in [0, 0.05) is 36.0 Å². The van der Waals surface area contributed by atoms with Crippen LogP contribution in [0.4, 0.5) is 0 Å². The van der Waals surface area contributed by atoms with Crippen molar-refractivity contribution in [2.75, 3.05) is 45.7 Å². The van der Waals surface area contributed by atoms with Gasteiger partial charge in [-0.05, 0) is 65.9 Å². The fraction of sp³-hybridized carbons (Fsp3) is 0.947. The highest BCUT2D eigenvalue weighted by Gasteiger charge is 2.38. The minimum Gasteiger partial charge on any atom is -0.357 e. The van der Waals surface area contributed by atoms with Gasteiger partial charge in [0.05, 0.1) is 6.54 Å². The summed E-state index contributed by atoms with van der Waals surface area (Å²) in [5, 5.41) is 7.26. The Morgan fingerprint density at radius 2 is 2.00 bits per heavy atom. The molecule has 5 nitrogen and oxygen atoms in total. The van der Waals surface area contributed by atoms with E-state index in [-0.39, 0.29) is 5.54 Å². The Morgan fingerprint density at radius 1 is 1.28 bits per heavy atom. The highest BCUT2D eigenvalue weighted by atomic mass is 32.2. The van der Waals surface area contributed by atoms with Gasteiger partial charge in [0.25, 0.3) is 0 Å². The van der Waals surface area contributed by atoms with E-state index < -0.39 is 0 Å². The van der Waals surface area contributed by atoms with Crippen molar-refractivity contribution in [3.8, 4) is 0 Å². The van der Waals surface area contributed by atoms with Crippen molar-refractivity contribution in [2.45, 2.75) is 69.1 Å². The zero-order valence-corrected chi connectivity index (χ0v) is 17.4. The van der Waals surface area contributed by atoms with Crippen molar-refractivity contribution in [1.82, 2.24) is 20.4 Å². The lowest BCUT2D eigenvalue weighted by Crippen LogP contribution is -2.57. The Morgan fingerprint density at radius 3 is 2.56 bits per heavy atom. The molecule has 0 saturated carbocycles. The summed E-state index contributed by atoms with van der Waals surface area (Å²) in [6.45, 7) is 3.98. The molecule has 6 heteroatoms. The molecule has 0 aromatic carbocycles. The minimum atomic E-state index is 0.232. The highest BCUT2D eigenvalue weighted by molar-refractivity contribution is 7.99. The first kappa shape index (κ1) is 19.3. The molecule has 0 aromatic rings. The third-order valence-electron chi connectivity index (χ3n) is 6.59. The van der Waals surface area contributed by atoms with Crippen LogP contribution in [0.2, 0.25) is 0 Å². The van der Waals surface area contributed by atoms with Crippen LogP contribution in [0.3, 0.4) is 0 Å². The predicted octanol–water partition coefficient (Wildman–Crippen LogP) is 1.99. The lowest BCUT2D eigenvalue weighted by atomic mass is 9.82. The van der Waals surface area contributed by atoms with E-state index in [1.165, 1.54) is 50.0 Å². The van der Waals surface area contributed by atoms with Crippen LogP contribution >= 0.6 is 11.8 Å². The van der Waals surface area contributed by atoms with E-state index in [4.69, 9.17) is 4.99 Å². The highest BCUT2D eigenvalue weighted by Crippen LogP contribution is 2.33. The van der Waals surface area contributed by atoms with Crippen LogP contribution in [-0.2, 0) is 0 Å². The quantitative estimate of drug-likeness (QED) is 0.575. The lowest BCUT2D eigenvalue weighted by Gasteiger charge is -2.47. The van der Waals surface area contributed by atoms with Crippen LogP contribution in [0, 0.1) is 0 Å². The summed E-state index contributed by atoms with van der Waals surface area (Å²) >= 11 is 2.06. The molecule has 0 amide bonds. The maximum Gasteiger partial charge on any atom is 0.191 e. The average Bonchev–Trinajstić information content (AvgIpc) is 3.04. The van der Waals surface area contributed by atoms with E-state index in [2.05, 4.69) is 60.3 Å². The first-order valence-electron chi connectivity index (χ1n) is 10.1. The molecule has 3 aliphatic rings. The Labute approximate surface area is 158 Å². The van der Waals surface area contributed by atoms with Crippen LogP contribution < -0.4 is 10.6 Å². The van der Waals surface area contributed by atoms with E-state index in [0.29, 0.717) is 6.04 Å². The molecule has 3 atom stereocenters. The van der Waals surface area contributed by atoms with Crippen LogP contribution in [0.25, 0.3) is 0 Å². The maximum absolute atomic E-state index is 5.02. The molecule has 2 N–H and O–H groups in total. The summed E-state index contributed by atoms with van der Waals surface area (Å²) in [5.41, 5.74) is 0.232. The first-order valence-corrected chi connectivity index (χ1v) is 11.2. The summed E-state index contributed by atoms with van der Waals surface area (Å²) in [5.74, 6) is 3.48. The molecule has 2 bridgehead atoms. The van der Waals surface area contributed by atoms with Gasteiger partial charge >= 0.3 is 0 Å². The fourth-order valence-electron chi connectivity index (χ4n) is 4.69. The maximum atomic E-state index is 5.02. The number of rotatable bonds is 5. The van der Waals surface area contributed by atoms with Crippen LogP contribution in [0.5, 0.6) is 0 Å². The van der Waals surface area contributed by atoms with Crippen molar-refractivity contribution in [1.29, 1.82) is 0 Å². The second-order valence-corrected chi connectivity index (χ2v) is 9.44. The number of piperidine rings is 2. The first-order chi connectivity index (χ1) is 12.0. The number of likely N-dealkylation sites (N-methyl/N-ethyl adjacent to an activating group) is 1. The van der Waals surface area contributed by atoms with Gasteiger partial charge in [-0.3, -0.25) is 4.99 Å². The number of thioether (sulfide) groups is 1. The topological polar surface area (TPSA) is 42.9 Å². The van der Waals surface area contributed by atoms with Gasteiger partial charge in [-0.2, -0.15) is 11.8 Å². The number of guanidine groups is 1. The van der Waals surface area contributed by atoms with E-state index in [0.717, 1.165) is 31.1 Å². The zero-order valence-electron chi connectivity index (χ0n) is 16.6. The summed E-state index contributed by atoms with van der Waals surface area (Å²) in [6, 6.07) is 2.08. The standard InChI is InChI=1S/C19H37N5S/c1-5-20-18(21-13-19(23(2)3)9-10-25-14-19)22-15-11-16-7-6-8-17(12-15)24(16)4/h15-17H,5-14H2,1-4H3,(H2,20,21,22). The summed E-state index contributed by atoms with van der Waals surface area (Å²) in [7, 11) is 6.74. The SMILES string of the molecule is CCNC(=NCC1(N(C)C)CCSC1)NC1CC2CCCC(C1)N2C. The van der Waals surface area contributed by atoms with Crippen molar-refractivity contribution in [3.05, 3.63) is 0 Å². The van der Waals surface area contributed by atoms with Crippen LogP contribution in [-0.4, -0.2) is 85.2 Å². The third kappa shape index (κ3) is 4.45. The average molecular weight is 368 g/mol. The molecule has 0 radical (unpaired) electrons. The summed E-state index contributed by atoms with van der Waals surface area (Å²) < 4.78 is 0. The van der Waals surface area contributed by atoms with Gasteiger partial charge in [0.2, 0.25) is 0 Å². The van der Waals surface area contributed by atoms with E-state index >= 15 is 0 Å². The van der Waals surface area contributed by atoms with Gasteiger partial charge in [-0.15, -0.1) is 0 Å². The number of fused-ring (bicyclic) bond motifs is 2. The second kappa shape index (κ2) is 8.49. The fourth-order valence-corrected chi connectivity index (χ4v) is 6.23. The number of aliphatic imine (C=N–C) groups is 1. The van der Waals surface area contributed by atoms with E-state index in [1.807, 2.05) is 0 Å².